The van der Waals surface area contributed by atoms with Crippen LogP contribution in [0, 0.1) is 0 Å². The summed E-state index contributed by atoms with van der Waals surface area (Å²) in [5, 5.41) is 4.74. The fourth-order valence-corrected chi connectivity index (χ4v) is 7.48. The third kappa shape index (κ3) is 4.54. The molecule has 0 aliphatic carbocycles. The smallest absolute Gasteiger partial charge is 0.147 e. The van der Waals surface area contributed by atoms with E-state index in [1.807, 2.05) is 12.3 Å². The number of nitrogens with zero attached hydrogens (tertiary/aromatic N) is 3. The van der Waals surface area contributed by atoms with Gasteiger partial charge in [-0.1, -0.05) is 115 Å². The number of H-pyrrole nitrogens is 1. The highest BCUT2D eigenvalue weighted by Crippen LogP contribution is 2.41. The number of para-hydroxylation sites is 4. The van der Waals surface area contributed by atoms with Gasteiger partial charge in [-0.3, -0.25) is 9.55 Å². The molecule has 3 heterocycles. The summed E-state index contributed by atoms with van der Waals surface area (Å²) >= 11 is 0. The zero-order valence-electron chi connectivity index (χ0n) is 27.1. The molecular weight excluding hydrogens is 609 g/mol. The van der Waals surface area contributed by atoms with Crippen LogP contribution in [0.15, 0.2) is 176 Å². The molecule has 1 N–H and O–H groups in total. The molecule has 0 saturated carbocycles. The predicted molar refractivity (Wildman–Crippen MR) is 207 cm³/mol. The van der Waals surface area contributed by atoms with Crippen molar-refractivity contribution in [1.82, 2.24) is 19.5 Å². The van der Waals surface area contributed by atoms with Gasteiger partial charge in [0.2, 0.25) is 0 Å². The molecule has 0 aliphatic heterocycles. The third-order valence-electron chi connectivity index (χ3n) is 9.80. The maximum atomic E-state index is 5.55. The van der Waals surface area contributed by atoms with Crippen LogP contribution in [0.2, 0.25) is 0 Å². The van der Waals surface area contributed by atoms with Gasteiger partial charge in [0, 0.05) is 44.9 Å². The Hall–Kier alpha value is -6.78. The molecule has 0 bridgehead atoms. The van der Waals surface area contributed by atoms with Crippen molar-refractivity contribution >= 4 is 43.6 Å². The first kappa shape index (κ1) is 28.3. The minimum absolute atomic E-state index is 0.897. The zero-order chi connectivity index (χ0) is 33.0. The molecule has 0 spiro atoms. The van der Waals surface area contributed by atoms with Crippen LogP contribution in [0.4, 0.5) is 0 Å². The summed E-state index contributed by atoms with van der Waals surface area (Å²) < 4.78 is 2.30. The van der Waals surface area contributed by atoms with Gasteiger partial charge in [-0.15, -0.1) is 0 Å². The Labute approximate surface area is 289 Å². The maximum absolute atomic E-state index is 5.55. The van der Waals surface area contributed by atoms with E-state index >= 15 is 0 Å². The molecule has 7 aromatic carbocycles. The second kappa shape index (κ2) is 11.4. The lowest BCUT2D eigenvalue weighted by molar-refractivity contribution is 1.10. The summed E-state index contributed by atoms with van der Waals surface area (Å²) in [5.41, 5.74) is 12.9. The van der Waals surface area contributed by atoms with Gasteiger partial charge in [0.15, 0.2) is 0 Å². The second-order valence-corrected chi connectivity index (χ2v) is 12.7. The average molecular weight is 639 g/mol. The highest BCUT2D eigenvalue weighted by Gasteiger charge is 2.21. The van der Waals surface area contributed by atoms with Crippen LogP contribution >= 0.6 is 0 Å². The number of aromatic amines is 1. The van der Waals surface area contributed by atoms with Crippen molar-refractivity contribution < 1.29 is 0 Å². The van der Waals surface area contributed by atoms with Crippen molar-refractivity contribution in [3.8, 4) is 50.6 Å². The van der Waals surface area contributed by atoms with Gasteiger partial charge in [-0.25, -0.2) is 4.98 Å². The number of hydrogen-bond donors (Lipinski definition) is 1. The molecule has 10 aromatic rings. The molecule has 0 fully saturated rings. The Kier molecular flexibility index (Phi) is 6.46. The first-order valence-electron chi connectivity index (χ1n) is 16.9. The molecule has 234 valence electrons. The normalized spacial score (nSPS) is 11.6. The first-order chi connectivity index (χ1) is 24.8. The molecule has 4 nitrogen and oxygen atoms in total. The van der Waals surface area contributed by atoms with Crippen molar-refractivity contribution in [3.05, 3.63) is 176 Å². The number of fused-ring (bicyclic) bond motifs is 5. The Morgan fingerprint density at radius 3 is 2.08 bits per heavy atom. The standard InChI is InChI=1S/C46H30N4/c1-3-13-30(14-4-1)31-25-26-47-42(29-31)33-27-32-15-7-8-18-35(32)40(28-33)38-21-12-24-43-45(38)49-46(50(43)34-16-5-2-6-17-34)39-22-11-20-37-36-19-9-10-23-41(36)48-44(37)39/h1-29,48H. The summed E-state index contributed by atoms with van der Waals surface area (Å²) in [4.78, 5) is 14.1. The molecule has 0 aliphatic rings. The summed E-state index contributed by atoms with van der Waals surface area (Å²) in [5.74, 6) is 0.897. The van der Waals surface area contributed by atoms with E-state index in [1.54, 1.807) is 0 Å². The van der Waals surface area contributed by atoms with E-state index in [9.17, 15) is 0 Å². The molecule has 50 heavy (non-hydrogen) atoms. The maximum Gasteiger partial charge on any atom is 0.147 e. The highest BCUT2D eigenvalue weighted by atomic mass is 15.1. The van der Waals surface area contributed by atoms with Crippen LogP contribution < -0.4 is 0 Å². The molecule has 3 aromatic heterocycles. The van der Waals surface area contributed by atoms with Gasteiger partial charge >= 0.3 is 0 Å². The number of rotatable bonds is 5. The van der Waals surface area contributed by atoms with E-state index in [-0.39, 0.29) is 0 Å². The Morgan fingerprint density at radius 2 is 1.20 bits per heavy atom. The van der Waals surface area contributed by atoms with Gasteiger partial charge in [0.1, 0.15) is 5.82 Å². The molecule has 10 rings (SSSR count). The lowest BCUT2D eigenvalue weighted by atomic mass is 9.93. The monoisotopic (exact) mass is 638 g/mol. The van der Waals surface area contributed by atoms with Crippen LogP contribution in [0.3, 0.4) is 0 Å². The van der Waals surface area contributed by atoms with E-state index in [2.05, 4.69) is 173 Å². The van der Waals surface area contributed by atoms with Gasteiger partial charge in [-0.2, -0.15) is 0 Å². The van der Waals surface area contributed by atoms with E-state index in [1.165, 1.54) is 21.7 Å². The summed E-state index contributed by atoms with van der Waals surface area (Å²) in [6.07, 6.45) is 1.91. The number of aromatic nitrogens is 4. The summed E-state index contributed by atoms with van der Waals surface area (Å²) in [6, 6.07) is 60.0. The minimum atomic E-state index is 0.897. The number of hydrogen-bond acceptors (Lipinski definition) is 2. The average Bonchev–Trinajstić information content (AvgIpc) is 3.77. The van der Waals surface area contributed by atoms with Gasteiger partial charge in [-0.05, 0) is 82.1 Å². The Morgan fingerprint density at radius 1 is 0.480 bits per heavy atom. The number of imidazole rings is 1. The van der Waals surface area contributed by atoms with Crippen molar-refractivity contribution in [1.29, 1.82) is 0 Å². The molecule has 0 radical (unpaired) electrons. The van der Waals surface area contributed by atoms with E-state index in [4.69, 9.17) is 9.97 Å². The number of pyridine rings is 1. The van der Waals surface area contributed by atoms with Crippen molar-refractivity contribution in [2.24, 2.45) is 0 Å². The Balaban J connectivity index is 1.24. The van der Waals surface area contributed by atoms with Crippen LogP contribution in [-0.2, 0) is 0 Å². The van der Waals surface area contributed by atoms with Crippen LogP contribution in [0.25, 0.3) is 94.2 Å². The zero-order valence-corrected chi connectivity index (χ0v) is 27.1. The topological polar surface area (TPSA) is 46.5 Å². The minimum Gasteiger partial charge on any atom is -0.354 e. The van der Waals surface area contributed by atoms with Crippen molar-refractivity contribution in [2.75, 3.05) is 0 Å². The van der Waals surface area contributed by atoms with E-state index < -0.39 is 0 Å². The van der Waals surface area contributed by atoms with Crippen LogP contribution in [0.5, 0.6) is 0 Å². The van der Waals surface area contributed by atoms with Crippen LogP contribution in [-0.4, -0.2) is 19.5 Å². The lowest BCUT2D eigenvalue weighted by Gasteiger charge is -2.13. The van der Waals surface area contributed by atoms with Crippen molar-refractivity contribution in [2.45, 2.75) is 0 Å². The second-order valence-electron chi connectivity index (χ2n) is 12.7. The van der Waals surface area contributed by atoms with Crippen LogP contribution in [0.1, 0.15) is 0 Å². The molecule has 0 amide bonds. The Bertz CT molecular complexity index is 2860. The molecule has 0 saturated heterocycles. The first-order valence-corrected chi connectivity index (χ1v) is 16.9. The third-order valence-corrected chi connectivity index (χ3v) is 9.80. The summed E-state index contributed by atoms with van der Waals surface area (Å²) in [7, 11) is 0. The largest absolute Gasteiger partial charge is 0.354 e. The lowest BCUT2D eigenvalue weighted by Crippen LogP contribution is -1.97. The fraction of sp³-hybridized carbons (Fsp3) is 0. The quantitative estimate of drug-likeness (QED) is 0.204. The number of nitrogens with one attached hydrogen (secondary N) is 1. The van der Waals surface area contributed by atoms with Gasteiger partial charge < -0.3 is 4.98 Å². The predicted octanol–water partition coefficient (Wildman–Crippen LogP) is 11.9. The highest BCUT2D eigenvalue weighted by molar-refractivity contribution is 6.12. The molecule has 0 atom stereocenters. The SMILES string of the molecule is c1ccc(-c2ccnc(-c3cc(-c4cccc5c4nc(-c4cccc6c4[nH]c4ccccc46)n5-c4ccccc4)c4ccccc4c3)c2)cc1. The van der Waals surface area contributed by atoms with Crippen molar-refractivity contribution in [3.63, 3.8) is 0 Å². The van der Waals surface area contributed by atoms with Gasteiger partial charge in [0.05, 0.1) is 22.2 Å². The summed E-state index contributed by atoms with van der Waals surface area (Å²) in [6.45, 7) is 0. The molecular formula is C46H30N4. The van der Waals surface area contributed by atoms with E-state index in [0.29, 0.717) is 0 Å². The fourth-order valence-electron chi connectivity index (χ4n) is 7.48. The van der Waals surface area contributed by atoms with Gasteiger partial charge in [0.25, 0.3) is 0 Å². The number of benzene rings is 7. The molecule has 0 unspecified atom stereocenters. The van der Waals surface area contributed by atoms with E-state index in [0.717, 1.165) is 72.5 Å². The molecule has 4 heteroatoms.